The van der Waals surface area contributed by atoms with Crippen molar-refractivity contribution in [1.29, 1.82) is 0 Å². The lowest BCUT2D eigenvalue weighted by atomic mass is 9.98. The molecule has 0 bridgehead atoms. The number of rotatable bonds is 6. The van der Waals surface area contributed by atoms with Gasteiger partial charge in [-0.1, -0.05) is 24.3 Å². The average Bonchev–Trinajstić information content (AvgIpc) is 3.07. The second-order valence-corrected chi connectivity index (χ2v) is 7.16. The van der Waals surface area contributed by atoms with Crippen molar-refractivity contribution in [2.75, 3.05) is 0 Å². The first-order valence-electron chi connectivity index (χ1n) is 8.12. The van der Waals surface area contributed by atoms with Gasteiger partial charge in [0.2, 0.25) is 0 Å². The molecule has 4 heteroatoms. The third-order valence-electron chi connectivity index (χ3n) is 3.98. The van der Waals surface area contributed by atoms with Crippen LogP contribution in [0, 0.1) is 13.8 Å². The lowest BCUT2D eigenvalue weighted by molar-refractivity contribution is -0.138. The minimum Gasteiger partial charge on any atom is -0.481 e. The van der Waals surface area contributed by atoms with E-state index < -0.39 is 11.9 Å². The summed E-state index contributed by atoms with van der Waals surface area (Å²) in [5, 5.41) is 11.4. The molecule has 0 radical (unpaired) electrons. The number of hydrogen-bond donors (Lipinski definition) is 1. The molecule has 0 aliphatic heterocycles. The van der Waals surface area contributed by atoms with Crippen molar-refractivity contribution in [2.45, 2.75) is 26.2 Å². The molecule has 3 rings (SSSR count). The molecule has 1 aromatic heterocycles. The lowest BCUT2D eigenvalue weighted by Crippen LogP contribution is -2.13. The van der Waals surface area contributed by atoms with Gasteiger partial charge in [-0.2, -0.15) is 0 Å². The van der Waals surface area contributed by atoms with Gasteiger partial charge in [0, 0.05) is 4.88 Å². The largest absolute Gasteiger partial charge is 0.481 e. The van der Waals surface area contributed by atoms with Crippen LogP contribution in [0.4, 0.5) is 0 Å². The Hall–Kier alpha value is -2.59. The Morgan fingerprint density at radius 1 is 1.04 bits per heavy atom. The monoisotopic (exact) mass is 352 g/mol. The minimum absolute atomic E-state index is 0.472. The Morgan fingerprint density at radius 3 is 2.28 bits per heavy atom. The number of carboxylic acid groups (broad SMARTS) is 1. The molecule has 0 amide bonds. The number of carbonyl (C=O) groups is 1. The van der Waals surface area contributed by atoms with E-state index in [1.807, 2.05) is 67.8 Å². The lowest BCUT2D eigenvalue weighted by Gasteiger charge is -2.12. The van der Waals surface area contributed by atoms with E-state index in [9.17, 15) is 9.90 Å². The van der Waals surface area contributed by atoms with Crippen molar-refractivity contribution in [2.24, 2.45) is 0 Å². The summed E-state index contributed by atoms with van der Waals surface area (Å²) in [5.41, 5.74) is 3.30. The van der Waals surface area contributed by atoms with Gasteiger partial charge in [-0.25, -0.2) is 0 Å². The highest BCUT2D eigenvalue weighted by Gasteiger charge is 2.21. The van der Waals surface area contributed by atoms with Crippen LogP contribution in [-0.2, 0) is 11.2 Å². The van der Waals surface area contributed by atoms with Gasteiger partial charge in [0.25, 0.3) is 0 Å². The number of carboxylic acids is 1. The van der Waals surface area contributed by atoms with Crippen LogP contribution in [0.1, 0.15) is 27.5 Å². The van der Waals surface area contributed by atoms with Crippen molar-refractivity contribution < 1.29 is 14.6 Å². The third-order valence-corrected chi connectivity index (χ3v) is 4.96. The highest BCUT2D eigenvalue weighted by atomic mass is 32.1. The highest BCUT2D eigenvalue weighted by molar-refractivity contribution is 7.10. The molecule has 2 aromatic carbocycles. The fourth-order valence-corrected chi connectivity index (χ4v) is 3.68. The zero-order valence-electron chi connectivity index (χ0n) is 14.2. The minimum atomic E-state index is -0.794. The number of hydrogen-bond acceptors (Lipinski definition) is 3. The molecule has 0 aliphatic rings. The van der Waals surface area contributed by atoms with Crippen LogP contribution in [0.15, 0.2) is 60.0 Å². The Bertz CT molecular complexity index is 831. The van der Waals surface area contributed by atoms with Gasteiger partial charge in [-0.15, -0.1) is 11.3 Å². The first kappa shape index (κ1) is 17.2. The van der Waals surface area contributed by atoms with Crippen molar-refractivity contribution in [1.82, 2.24) is 0 Å². The molecule has 0 aliphatic carbocycles. The number of thiophene rings is 1. The summed E-state index contributed by atoms with van der Waals surface area (Å²) >= 11 is 1.48. The topological polar surface area (TPSA) is 46.5 Å². The van der Waals surface area contributed by atoms with E-state index in [2.05, 4.69) is 6.07 Å². The molecule has 1 atom stereocenters. The van der Waals surface area contributed by atoms with E-state index >= 15 is 0 Å². The molecule has 1 unspecified atom stereocenters. The number of ether oxygens (including phenoxy) is 1. The summed E-state index contributed by atoms with van der Waals surface area (Å²) < 4.78 is 5.91. The summed E-state index contributed by atoms with van der Waals surface area (Å²) in [6.45, 7) is 4.08. The van der Waals surface area contributed by atoms with E-state index in [1.165, 1.54) is 11.3 Å². The first-order valence-corrected chi connectivity index (χ1v) is 9.00. The number of aryl methyl sites for hydroxylation is 2. The van der Waals surface area contributed by atoms with Crippen LogP contribution in [0.5, 0.6) is 11.5 Å². The molecule has 3 nitrogen and oxygen atoms in total. The fraction of sp³-hybridized carbons (Fsp3) is 0.190. The molecule has 0 spiro atoms. The molecular weight excluding hydrogens is 332 g/mol. The zero-order valence-corrected chi connectivity index (χ0v) is 15.0. The second kappa shape index (κ2) is 7.53. The van der Waals surface area contributed by atoms with Gasteiger partial charge in [-0.3, -0.25) is 4.79 Å². The zero-order chi connectivity index (χ0) is 17.8. The van der Waals surface area contributed by atoms with E-state index in [0.717, 1.165) is 33.1 Å². The Balaban J connectivity index is 1.72. The summed E-state index contributed by atoms with van der Waals surface area (Å²) in [4.78, 5) is 12.4. The van der Waals surface area contributed by atoms with Crippen LogP contribution >= 0.6 is 11.3 Å². The van der Waals surface area contributed by atoms with Crippen LogP contribution in [-0.4, -0.2) is 11.1 Å². The van der Waals surface area contributed by atoms with E-state index in [1.54, 1.807) is 0 Å². The molecule has 1 N–H and O–H groups in total. The summed E-state index contributed by atoms with van der Waals surface area (Å²) in [6.07, 6.45) is 0.472. The molecule has 1 heterocycles. The Kier molecular flexibility index (Phi) is 5.19. The predicted molar refractivity (Wildman–Crippen MR) is 101 cm³/mol. The quantitative estimate of drug-likeness (QED) is 0.631. The molecule has 0 fully saturated rings. The normalized spacial score (nSPS) is 11.9. The van der Waals surface area contributed by atoms with Gasteiger partial charge in [0.15, 0.2) is 0 Å². The van der Waals surface area contributed by atoms with E-state index in [-0.39, 0.29) is 0 Å². The van der Waals surface area contributed by atoms with Crippen molar-refractivity contribution in [3.8, 4) is 11.5 Å². The van der Waals surface area contributed by atoms with Gasteiger partial charge < -0.3 is 9.84 Å². The van der Waals surface area contributed by atoms with Gasteiger partial charge in [0.1, 0.15) is 11.5 Å². The van der Waals surface area contributed by atoms with Crippen LogP contribution in [0.2, 0.25) is 0 Å². The second-order valence-electron chi connectivity index (χ2n) is 6.18. The maximum atomic E-state index is 11.6. The van der Waals surface area contributed by atoms with Gasteiger partial charge >= 0.3 is 5.97 Å². The molecule has 0 saturated carbocycles. The Labute approximate surface area is 151 Å². The van der Waals surface area contributed by atoms with Gasteiger partial charge in [0.05, 0.1) is 5.92 Å². The Morgan fingerprint density at radius 2 is 1.72 bits per heavy atom. The summed E-state index contributed by atoms with van der Waals surface area (Å²) in [7, 11) is 0. The van der Waals surface area contributed by atoms with Crippen molar-refractivity contribution in [3.05, 3.63) is 81.5 Å². The number of aliphatic carboxylic acids is 1. The molecular formula is C21H20O3S. The first-order chi connectivity index (χ1) is 12.0. The summed E-state index contributed by atoms with van der Waals surface area (Å²) in [5.74, 6) is 0.258. The van der Waals surface area contributed by atoms with Crippen LogP contribution in [0.25, 0.3) is 0 Å². The third kappa shape index (κ3) is 4.48. The van der Waals surface area contributed by atoms with Crippen LogP contribution in [0.3, 0.4) is 0 Å². The smallest absolute Gasteiger partial charge is 0.312 e. The molecule has 3 aromatic rings. The standard InChI is InChI=1S/C21H20O3S/c1-14-10-15(2)12-18(11-14)24-17-7-5-16(6-8-17)13-19(21(22)23)20-4-3-9-25-20/h3-12,19H,13H2,1-2H3,(H,22,23). The van der Waals surface area contributed by atoms with E-state index in [4.69, 9.17) is 4.74 Å². The van der Waals surface area contributed by atoms with Crippen LogP contribution < -0.4 is 4.74 Å². The highest BCUT2D eigenvalue weighted by Crippen LogP contribution is 2.28. The molecule has 128 valence electrons. The predicted octanol–water partition coefficient (Wildman–Crippen LogP) is 5.57. The molecule has 0 saturated heterocycles. The van der Waals surface area contributed by atoms with Crippen molar-refractivity contribution in [3.63, 3.8) is 0 Å². The maximum Gasteiger partial charge on any atom is 0.312 e. The molecule has 25 heavy (non-hydrogen) atoms. The number of benzene rings is 2. The van der Waals surface area contributed by atoms with E-state index in [0.29, 0.717) is 6.42 Å². The summed E-state index contributed by atoms with van der Waals surface area (Å²) in [6, 6.07) is 17.5. The maximum absolute atomic E-state index is 11.6. The average molecular weight is 352 g/mol. The van der Waals surface area contributed by atoms with Crippen molar-refractivity contribution >= 4 is 17.3 Å². The fourth-order valence-electron chi connectivity index (χ4n) is 2.86. The SMILES string of the molecule is Cc1cc(C)cc(Oc2ccc(CC(C(=O)O)c3cccs3)cc2)c1. The van der Waals surface area contributed by atoms with Gasteiger partial charge in [-0.05, 0) is 72.7 Å².